The predicted octanol–water partition coefficient (Wildman–Crippen LogP) is 0.870. The highest BCUT2D eigenvalue weighted by Gasteiger charge is 2.43. The fraction of sp³-hybridized carbons (Fsp3) is 0.583. The number of carboxylic acids is 1. The molecular weight excluding hydrogens is 282 g/mol. The molecule has 2 amide bonds. The van der Waals surface area contributed by atoms with Crippen molar-refractivity contribution in [2.45, 2.75) is 19.1 Å². The number of hydrogen-bond acceptors (Lipinski definition) is 5. The molecule has 1 saturated heterocycles. The van der Waals surface area contributed by atoms with E-state index in [4.69, 9.17) is 9.84 Å². The fourth-order valence-electron chi connectivity index (χ4n) is 2.09. The lowest BCUT2D eigenvalue weighted by Gasteiger charge is -2.48. The second-order valence-electron chi connectivity index (χ2n) is 5.11. The van der Waals surface area contributed by atoms with Gasteiger partial charge in [0.2, 0.25) is 0 Å². The van der Waals surface area contributed by atoms with Gasteiger partial charge in [0.15, 0.2) is 0 Å². The van der Waals surface area contributed by atoms with Crippen molar-refractivity contribution in [2.75, 3.05) is 26.7 Å². The van der Waals surface area contributed by atoms with Gasteiger partial charge in [0.25, 0.3) is 0 Å². The third kappa shape index (κ3) is 3.45. The highest BCUT2D eigenvalue weighted by Crippen LogP contribution is 2.25. The molecule has 1 fully saturated rings. The largest absolute Gasteiger partial charge is 0.480 e. The monoisotopic (exact) mass is 299 g/mol. The van der Waals surface area contributed by atoms with E-state index in [9.17, 15) is 9.59 Å². The smallest absolute Gasteiger partial charge is 0.329 e. The molecule has 7 nitrogen and oxygen atoms in total. The Labute approximate surface area is 120 Å². The van der Waals surface area contributed by atoms with Crippen LogP contribution in [0.3, 0.4) is 0 Å². The minimum Gasteiger partial charge on any atom is -0.480 e. The zero-order valence-electron chi connectivity index (χ0n) is 11.4. The summed E-state index contributed by atoms with van der Waals surface area (Å²) in [5.74, 6) is -1.00. The number of likely N-dealkylation sites (tertiary alicyclic amines) is 1. The summed E-state index contributed by atoms with van der Waals surface area (Å²) in [6.07, 6.45) is 0. The number of amides is 2. The van der Waals surface area contributed by atoms with Gasteiger partial charge in [-0.3, -0.25) is 0 Å². The van der Waals surface area contributed by atoms with Gasteiger partial charge in [-0.15, -0.1) is 11.3 Å². The normalized spacial score (nSPS) is 16.6. The maximum Gasteiger partial charge on any atom is 0.329 e. The summed E-state index contributed by atoms with van der Waals surface area (Å²) < 4.78 is 5.27. The van der Waals surface area contributed by atoms with Crippen LogP contribution in [0, 0.1) is 0 Å². The van der Waals surface area contributed by atoms with E-state index in [0.717, 1.165) is 5.69 Å². The molecule has 0 saturated carbocycles. The average Bonchev–Trinajstić information content (AvgIpc) is 2.84. The summed E-state index contributed by atoms with van der Waals surface area (Å²) in [4.78, 5) is 30.0. The second-order valence-corrected chi connectivity index (χ2v) is 5.83. The van der Waals surface area contributed by atoms with Gasteiger partial charge in [-0.05, 0) is 6.92 Å². The SMILES string of the molecule is CN(Cc1cscn1)C(=O)N1CC(C)(OCC(=O)O)C1. The van der Waals surface area contributed by atoms with E-state index in [1.807, 2.05) is 5.38 Å². The maximum absolute atomic E-state index is 12.1. The van der Waals surface area contributed by atoms with Gasteiger partial charge in [-0.1, -0.05) is 0 Å². The van der Waals surface area contributed by atoms with Crippen LogP contribution in [0.2, 0.25) is 0 Å². The highest BCUT2D eigenvalue weighted by atomic mass is 32.1. The van der Waals surface area contributed by atoms with Gasteiger partial charge in [0, 0.05) is 12.4 Å². The first-order valence-electron chi connectivity index (χ1n) is 6.12. The van der Waals surface area contributed by atoms with Crippen molar-refractivity contribution in [3.05, 3.63) is 16.6 Å². The van der Waals surface area contributed by atoms with E-state index in [2.05, 4.69) is 4.98 Å². The zero-order valence-corrected chi connectivity index (χ0v) is 12.2. The van der Waals surface area contributed by atoms with Gasteiger partial charge in [0.05, 0.1) is 30.8 Å². The number of carboxylic acid groups (broad SMARTS) is 1. The quantitative estimate of drug-likeness (QED) is 0.872. The first-order chi connectivity index (χ1) is 9.39. The summed E-state index contributed by atoms with van der Waals surface area (Å²) in [7, 11) is 1.72. The number of nitrogens with zero attached hydrogens (tertiary/aromatic N) is 3. The van der Waals surface area contributed by atoms with Crippen LogP contribution < -0.4 is 0 Å². The Morgan fingerprint density at radius 2 is 2.30 bits per heavy atom. The number of ether oxygens (including phenoxy) is 1. The molecule has 1 aliphatic heterocycles. The highest BCUT2D eigenvalue weighted by molar-refractivity contribution is 7.07. The Hall–Kier alpha value is -1.67. The number of rotatable bonds is 5. The van der Waals surface area contributed by atoms with E-state index in [1.54, 1.807) is 29.3 Å². The first-order valence-corrected chi connectivity index (χ1v) is 7.07. The Balaban J connectivity index is 1.79. The molecule has 1 aliphatic rings. The molecule has 2 heterocycles. The number of urea groups is 1. The number of carbonyl (C=O) groups excluding carboxylic acids is 1. The van der Waals surface area contributed by atoms with Crippen LogP contribution in [0.25, 0.3) is 0 Å². The van der Waals surface area contributed by atoms with Gasteiger partial charge in [-0.25, -0.2) is 14.6 Å². The predicted molar refractivity (Wildman–Crippen MR) is 72.5 cm³/mol. The summed E-state index contributed by atoms with van der Waals surface area (Å²) >= 11 is 1.49. The van der Waals surface area contributed by atoms with Gasteiger partial charge in [0.1, 0.15) is 12.2 Å². The molecule has 1 aromatic rings. The molecule has 1 N–H and O–H groups in total. The van der Waals surface area contributed by atoms with Crippen molar-refractivity contribution in [1.82, 2.24) is 14.8 Å². The summed E-state index contributed by atoms with van der Waals surface area (Å²) in [6, 6.07) is -0.102. The molecule has 20 heavy (non-hydrogen) atoms. The third-order valence-corrected chi connectivity index (χ3v) is 3.71. The van der Waals surface area contributed by atoms with E-state index in [1.165, 1.54) is 11.3 Å². The van der Waals surface area contributed by atoms with Gasteiger partial charge < -0.3 is 19.6 Å². The molecule has 1 aromatic heterocycles. The van der Waals surface area contributed by atoms with Crippen molar-refractivity contribution in [2.24, 2.45) is 0 Å². The Bertz CT molecular complexity index is 485. The molecule has 0 radical (unpaired) electrons. The lowest BCUT2D eigenvalue weighted by atomic mass is 9.97. The van der Waals surface area contributed by atoms with Crippen molar-refractivity contribution in [1.29, 1.82) is 0 Å². The number of carbonyl (C=O) groups is 2. The molecular formula is C12H17N3O4S. The van der Waals surface area contributed by atoms with Crippen molar-refractivity contribution < 1.29 is 19.4 Å². The van der Waals surface area contributed by atoms with Crippen LogP contribution in [0.4, 0.5) is 4.79 Å². The van der Waals surface area contributed by atoms with Crippen LogP contribution in [-0.4, -0.2) is 64.2 Å². The van der Waals surface area contributed by atoms with Crippen LogP contribution in [0.15, 0.2) is 10.9 Å². The molecule has 0 aromatic carbocycles. The Morgan fingerprint density at radius 3 is 2.85 bits per heavy atom. The third-order valence-electron chi connectivity index (χ3n) is 3.07. The number of aromatic nitrogens is 1. The van der Waals surface area contributed by atoms with E-state index < -0.39 is 11.6 Å². The fourth-order valence-corrected chi connectivity index (χ4v) is 2.64. The van der Waals surface area contributed by atoms with Crippen molar-refractivity contribution >= 4 is 23.3 Å². The molecule has 2 rings (SSSR count). The lowest BCUT2D eigenvalue weighted by Crippen LogP contribution is -2.65. The number of thiazole rings is 1. The van der Waals surface area contributed by atoms with Crippen LogP contribution >= 0.6 is 11.3 Å². The summed E-state index contributed by atoms with van der Waals surface area (Å²) in [6.45, 7) is 2.74. The molecule has 0 spiro atoms. The lowest BCUT2D eigenvalue weighted by molar-refractivity contribution is -0.160. The molecule has 0 unspecified atom stereocenters. The molecule has 0 bridgehead atoms. The molecule has 0 atom stereocenters. The molecule has 110 valence electrons. The molecule has 8 heteroatoms. The summed E-state index contributed by atoms with van der Waals surface area (Å²) in [5, 5.41) is 10.5. The maximum atomic E-state index is 12.1. The number of aliphatic carboxylic acids is 1. The van der Waals surface area contributed by atoms with Gasteiger partial charge >= 0.3 is 12.0 Å². The molecule has 0 aliphatic carbocycles. The average molecular weight is 299 g/mol. The Kier molecular flexibility index (Phi) is 4.24. The minimum atomic E-state index is -1.00. The second kappa shape index (κ2) is 5.76. The zero-order chi connectivity index (χ0) is 14.8. The van der Waals surface area contributed by atoms with E-state index >= 15 is 0 Å². The van der Waals surface area contributed by atoms with E-state index in [0.29, 0.717) is 19.6 Å². The van der Waals surface area contributed by atoms with Crippen molar-refractivity contribution in [3.63, 3.8) is 0 Å². The number of hydrogen-bond donors (Lipinski definition) is 1. The topological polar surface area (TPSA) is 83.0 Å². The summed E-state index contributed by atoms with van der Waals surface area (Å²) in [5.41, 5.74) is 2.03. The minimum absolute atomic E-state index is 0.102. The van der Waals surface area contributed by atoms with Crippen LogP contribution in [-0.2, 0) is 16.1 Å². The van der Waals surface area contributed by atoms with Crippen LogP contribution in [0.1, 0.15) is 12.6 Å². The Morgan fingerprint density at radius 1 is 1.60 bits per heavy atom. The van der Waals surface area contributed by atoms with Crippen molar-refractivity contribution in [3.8, 4) is 0 Å². The van der Waals surface area contributed by atoms with E-state index in [-0.39, 0.29) is 12.6 Å². The van der Waals surface area contributed by atoms with Gasteiger partial charge in [-0.2, -0.15) is 0 Å². The first kappa shape index (κ1) is 14.7. The standard InChI is InChI=1S/C12H17N3O4S/c1-12(19-4-10(16)17)6-15(7-12)11(18)14(2)3-9-5-20-8-13-9/h5,8H,3-4,6-7H2,1-2H3,(H,16,17). The van der Waals surface area contributed by atoms with Crippen LogP contribution in [0.5, 0.6) is 0 Å².